The number of allylic oxidation sites excluding steroid dienone is 3. The molecule has 0 fully saturated rings. The number of amides is 1. The molecule has 0 saturated heterocycles. The number of rotatable bonds is 10. The van der Waals surface area contributed by atoms with Gasteiger partial charge in [0.05, 0.1) is 44.1 Å². The Morgan fingerprint density at radius 3 is 2.63 bits per heavy atom. The quantitative estimate of drug-likeness (QED) is 0.296. The molecule has 0 radical (unpaired) electrons. The standard InChI is InChI=1S/C30H30N6O5S2/c1-4-41-19-11-8-17(9-12-19)26-20(15-31)28(32)36(21-6-5-7-22(37)27(21)26)29-34-35-30(43-29)42-16-25(38)33-18-10-13-23(39-2)24(14-18)40-3/h8-14,26H,4-7,16,32H2,1-3H3,(H,33,38). The molecule has 1 aromatic heterocycles. The van der Waals surface area contributed by atoms with Crippen LogP contribution in [0.1, 0.15) is 37.7 Å². The van der Waals surface area contributed by atoms with Gasteiger partial charge in [0.15, 0.2) is 21.6 Å². The molecule has 0 saturated carbocycles. The van der Waals surface area contributed by atoms with E-state index < -0.39 is 5.92 Å². The third-order valence-electron chi connectivity index (χ3n) is 7.02. The summed E-state index contributed by atoms with van der Waals surface area (Å²) in [6, 6.07) is 14.8. The number of aromatic nitrogens is 2. The van der Waals surface area contributed by atoms with E-state index in [1.165, 1.54) is 30.2 Å². The number of Topliss-reactive ketones (excluding diaryl/α,β-unsaturated/α-hetero) is 1. The van der Waals surface area contributed by atoms with Crippen molar-refractivity contribution in [3.05, 3.63) is 70.7 Å². The Kier molecular flexibility index (Phi) is 9.18. The number of carbonyl (C=O) groups is 2. The van der Waals surface area contributed by atoms with Crippen LogP contribution in [0.25, 0.3) is 0 Å². The van der Waals surface area contributed by atoms with Gasteiger partial charge in [0, 0.05) is 29.4 Å². The van der Waals surface area contributed by atoms with Gasteiger partial charge in [-0.05, 0) is 49.6 Å². The molecule has 0 bridgehead atoms. The highest BCUT2D eigenvalue weighted by Gasteiger charge is 2.41. The van der Waals surface area contributed by atoms with Gasteiger partial charge in [-0.1, -0.05) is 35.2 Å². The van der Waals surface area contributed by atoms with Crippen LogP contribution < -0.4 is 30.2 Å². The minimum Gasteiger partial charge on any atom is -0.494 e. The van der Waals surface area contributed by atoms with Crippen molar-refractivity contribution in [2.24, 2.45) is 5.73 Å². The Balaban J connectivity index is 1.37. The Morgan fingerprint density at radius 1 is 1.16 bits per heavy atom. The van der Waals surface area contributed by atoms with E-state index in [2.05, 4.69) is 21.6 Å². The topological polar surface area (TPSA) is 153 Å². The molecule has 5 rings (SSSR count). The van der Waals surface area contributed by atoms with Crippen LogP contribution in [0.15, 0.2) is 69.5 Å². The molecule has 43 heavy (non-hydrogen) atoms. The monoisotopic (exact) mass is 618 g/mol. The fourth-order valence-electron chi connectivity index (χ4n) is 5.15. The summed E-state index contributed by atoms with van der Waals surface area (Å²) in [4.78, 5) is 27.7. The molecule has 11 nitrogen and oxygen atoms in total. The van der Waals surface area contributed by atoms with Gasteiger partial charge in [-0.15, -0.1) is 10.2 Å². The highest BCUT2D eigenvalue weighted by molar-refractivity contribution is 8.01. The zero-order valence-electron chi connectivity index (χ0n) is 23.9. The van der Waals surface area contributed by atoms with Crippen LogP contribution in [-0.2, 0) is 9.59 Å². The van der Waals surface area contributed by atoms with E-state index in [0.29, 0.717) is 63.8 Å². The Hall–Kier alpha value is -4.54. The summed E-state index contributed by atoms with van der Waals surface area (Å²) >= 11 is 2.47. The minimum absolute atomic E-state index is 0.0173. The van der Waals surface area contributed by atoms with Gasteiger partial charge in [0.2, 0.25) is 11.0 Å². The van der Waals surface area contributed by atoms with E-state index in [9.17, 15) is 14.9 Å². The number of anilines is 2. The van der Waals surface area contributed by atoms with Crippen LogP contribution in [0, 0.1) is 11.3 Å². The molecule has 2 aromatic carbocycles. The summed E-state index contributed by atoms with van der Waals surface area (Å²) in [5, 5.41) is 22.1. The molecule has 0 spiro atoms. The first kappa shape index (κ1) is 29.9. The van der Waals surface area contributed by atoms with E-state index in [1.807, 2.05) is 31.2 Å². The summed E-state index contributed by atoms with van der Waals surface area (Å²) in [5.41, 5.74) is 9.57. The molecular weight excluding hydrogens is 589 g/mol. The lowest BCUT2D eigenvalue weighted by molar-refractivity contribution is -0.116. The maximum Gasteiger partial charge on any atom is 0.234 e. The number of ketones is 1. The van der Waals surface area contributed by atoms with Crippen molar-refractivity contribution < 1.29 is 23.8 Å². The third kappa shape index (κ3) is 6.16. The van der Waals surface area contributed by atoms with Crippen LogP contribution in [0.2, 0.25) is 0 Å². The highest BCUT2D eigenvalue weighted by atomic mass is 32.2. The number of nitrogens with zero attached hydrogens (tertiary/aromatic N) is 4. The molecule has 1 amide bonds. The lowest BCUT2D eigenvalue weighted by Crippen LogP contribution is -2.38. The van der Waals surface area contributed by atoms with E-state index >= 15 is 0 Å². The summed E-state index contributed by atoms with van der Waals surface area (Å²) < 4.78 is 16.6. The van der Waals surface area contributed by atoms with E-state index in [0.717, 1.165) is 11.3 Å². The molecule has 3 N–H and O–H groups in total. The van der Waals surface area contributed by atoms with Crippen molar-refractivity contribution in [1.29, 1.82) is 5.26 Å². The number of hydrogen-bond donors (Lipinski definition) is 2. The van der Waals surface area contributed by atoms with Crippen molar-refractivity contribution in [3.8, 4) is 23.3 Å². The predicted molar refractivity (Wildman–Crippen MR) is 164 cm³/mol. The van der Waals surface area contributed by atoms with Gasteiger partial charge in [-0.2, -0.15) is 5.26 Å². The summed E-state index contributed by atoms with van der Waals surface area (Å²) in [7, 11) is 3.07. The number of carbonyl (C=O) groups excluding carboxylic acids is 2. The molecule has 3 aromatic rings. The van der Waals surface area contributed by atoms with Gasteiger partial charge in [0.1, 0.15) is 11.6 Å². The Morgan fingerprint density at radius 2 is 1.93 bits per heavy atom. The normalized spacial score (nSPS) is 16.5. The molecule has 13 heteroatoms. The number of benzene rings is 2. The fourth-order valence-corrected chi connectivity index (χ4v) is 6.83. The number of ether oxygens (including phenoxy) is 3. The average molecular weight is 619 g/mol. The second kappa shape index (κ2) is 13.2. The highest BCUT2D eigenvalue weighted by Crippen LogP contribution is 2.47. The number of methoxy groups -OCH3 is 2. The number of thioether (sulfide) groups is 1. The van der Waals surface area contributed by atoms with Crippen molar-refractivity contribution in [2.45, 2.75) is 36.4 Å². The fraction of sp³-hybridized carbons (Fsp3) is 0.300. The minimum atomic E-state index is -0.582. The second-order valence-electron chi connectivity index (χ2n) is 9.58. The number of nitrogens with one attached hydrogen (secondary N) is 1. The largest absolute Gasteiger partial charge is 0.494 e. The summed E-state index contributed by atoms with van der Waals surface area (Å²) in [6.45, 7) is 2.44. The first-order chi connectivity index (χ1) is 20.9. The summed E-state index contributed by atoms with van der Waals surface area (Å²) in [5.74, 6) is 1.24. The van der Waals surface area contributed by atoms with Crippen LogP contribution in [0.4, 0.5) is 10.8 Å². The Labute approximate surface area is 257 Å². The van der Waals surface area contributed by atoms with Gasteiger partial charge in [-0.25, -0.2) is 0 Å². The van der Waals surface area contributed by atoms with Crippen LogP contribution in [-0.4, -0.2) is 48.5 Å². The van der Waals surface area contributed by atoms with E-state index in [4.69, 9.17) is 19.9 Å². The smallest absolute Gasteiger partial charge is 0.234 e. The van der Waals surface area contributed by atoms with Gasteiger partial charge in [0.25, 0.3) is 0 Å². The molecule has 1 atom stereocenters. The predicted octanol–water partition coefficient (Wildman–Crippen LogP) is 4.99. The van der Waals surface area contributed by atoms with Gasteiger partial charge in [-0.3, -0.25) is 14.5 Å². The number of hydrogen-bond acceptors (Lipinski definition) is 12. The molecule has 2 heterocycles. The first-order valence-electron chi connectivity index (χ1n) is 13.6. The van der Waals surface area contributed by atoms with Crippen LogP contribution >= 0.6 is 23.1 Å². The molecular formula is C30H30N6O5S2. The molecule has 1 aliphatic carbocycles. The van der Waals surface area contributed by atoms with E-state index in [-0.39, 0.29) is 28.8 Å². The van der Waals surface area contributed by atoms with Crippen LogP contribution in [0.5, 0.6) is 17.2 Å². The summed E-state index contributed by atoms with van der Waals surface area (Å²) in [6.07, 6.45) is 1.66. The average Bonchev–Trinajstić information content (AvgIpc) is 3.48. The zero-order valence-corrected chi connectivity index (χ0v) is 25.5. The maximum atomic E-state index is 13.4. The lowest BCUT2D eigenvalue weighted by Gasteiger charge is -2.38. The molecule has 1 aliphatic heterocycles. The number of nitrogens with two attached hydrogens (primary N) is 1. The molecule has 222 valence electrons. The molecule has 1 unspecified atom stereocenters. The first-order valence-corrected chi connectivity index (χ1v) is 15.4. The van der Waals surface area contributed by atoms with Crippen molar-refractivity contribution >= 4 is 45.6 Å². The van der Waals surface area contributed by atoms with Crippen molar-refractivity contribution in [3.63, 3.8) is 0 Å². The zero-order chi connectivity index (χ0) is 30.5. The van der Waals surface area contributed by atoms with Gasteiger partial charge < -0.3 is 25.3 Å². The lowest BCUT2D eigenvalue weighted by atomic mass is 9.76. The van der Waals surface area contributed by atoms with Crippen LogP contribution in [0.3, 0.4) is 0 Å². The number of nitriles is 1. The second-order valence-corrected chi connectivity index (χ2v) is 11.8. The maximum absolute atomic E-state index is 13.4. The SMILES string of the molecule is CCOc1ccc(C2C(C#N)=C(N)N(c3nnc(SCC(=O)Nc4ccc(OC)c(OC)c4)s3)C3=C2C(=O)CCC3)cc1. The van der Waals surface area contributed by atoms with Crippen molar-refractivity contribution in [1.82, 2.24) is 10.2 Å². The van der Waals surface area contributed by atoms with Crippen molar-refractivity contribution in [2.75, 3.05) is 36.8 Å². The van der Waals surface area contributed by atoms with Gasteiger partial charge >= 0.3 is 0 Å². The Bertz CT molecular complexity index is 1640. The van der Waals surface area contributed by atoms with E-state index in [1.54, 1.807) is 30.2 Å². The third-order valence-corrected chi connectivity index (χ3v) is 9.06. The molecule has 2 aliphatic rings.